The van der Waals surface area contributed by atoms with Crippen molar-refractivity contribution in [2.45, 2.75) is 52.4 Å². The molecule has 0 aromatic carbocycles. The molecule has 0 fully saturated rings. The number of rotatable bonds is 8. The highest BCUT2D eigenvalue weighted by molar-refractivity contribution is 5.69. The third-order valence-electron chi connectivity index (χ3n) is 2.33. The number of aliphatic carboxylic acids is 1. The van der Waals surface area contributed by atoms with E-state index < -0.39 is 5.97 Å². The third-order valence-corrected chi connectivity index (χ3v) is 2.33. The molecule has 0 saturated carbocycles. The van der Waals surface area contributed by atoms with Gasteiger partial charge in [0, 0.05) is 0 Å². The van der Waals surface area contributed by atoms with Crippen molar-refractivity contribution in [3.8, 4) is 0 Å². The van der Waals surface area contributed by atoms with Crippen LogP contribution in [0, 0.1) is 5.92 Å². The van der Waals surface area contributed by atoms with Crippen LogP contribution in [0.1, 0.15) is 52.4 Å². The van der Waals surface area contributed by atoms with Gasteiger partial charge in [-0.15, -0.1) is 0 Å². The van der Waals surface area contributed by atoms with Gasteiger partial charge in [0.15, 0.2) is 0 Å². The first kappa shape index (κ1) is 13.2. The van der Waals surface area contributed by atoms with E-state index in [1.54, 1.807) is 6.92 Å². The second kappa shape index (κ2) is 8.79. The van der Waals surface area contributed by atoms with Crippen molar-refractivity contribution in [3.63, 3.8) is 0 Å². The number of carboxylic acids is 1. The van der Waals surface area contributed by atoms with Gasteiger partial charge < -0.3 is 5.11 Å². The van der Waals surface area contributed by atoms with Crippen LogP contribution in [0.25, 0.3) is 0 Å². The highest BCUT2D eigenvalue weighted by Crippen LogP contribution is 2.10. The van der Waals surface area contributed by atoms with Crippen LogP contribution in [0.15, 0.2) is 12.2 Å². The molecule has 82 valence electrons. The summed E-state index contributed by atoms with van der Waals surface area (Å²) in [6.45, 7) is 3.91. The summed E-state index contributed by atoms with van der Waals surface area (Å²) in [6.07, 6.45) is 10.8. The van der Waals surface area contributed by atoms with E-state index in [9.17, 15) is 4.79 Å². The Morgan fingerprint density at radius 1 is 1.29 bits per heavy atom. The summed E-state index contributed by atoms with van der Waals surface area (Å²) in [5.74, 6) is -0.850. The Morgan fingerprint density at radius 2 is 2.00 bits per heavy atom. The lowest BCUT2D eigenvalue weighted by molar-refractivity contribution is -0.141. The van der Waals surface area contributed by atoms with E-state index in [4.69, 9.17) is 5.11 Å². The van der Waals surface area contributed by atoms with Crippen molar-refractivity contribution in [2.75, 3.05) is 0 Å². The van der Waals surface area contributed by atoms with E-state index in [2.05, 4.69) is 19.1 Å². The molecule has 0 aromatic heterocycles. The van der Waals surface area contributed by atoms with Gasteiger partial charge in [0.05, 0.1) is 5.92 Å². The van der Waals surface area contributed by atoms with Gasteiger partial charge in [-0.1, -0.05) is 38.8 Å². The molecule has 0 aromatic rings. The summed E-state index contributed by atoms with van der Waals surface area (Å²) >= 11 is 0. The Labute approximate surface area is 87.0 Å². The average Bonchev–Trinajstić information content (AvgIpc) is 2.16. The molecule has 0 aliphatic rings. The lowest BCUT2D eigenvalue weighted by atomic mass is 10.0. The van der Waals surface area contributed by atoms with Crippen LogP contribution in [0.4, 0.5) is 0 Å². The molecule has 0 aliphatic carbocycles. The molecule has 1 N–H and O–H groups in total. The number of allylic oxidation sites excluding steroid dienone is 2. The van der Waals surface area contributed by atoms with E-state index in [-0.39, 0.29) is 5.92 Å². The number of unbranched alkanes of at least 4 members (excludes halogenated alkanes) is 3. The van der Waals surface area contributed by atoms with Gasteiger partial charge >= 0.3 is 5.97 Å². The molecule has 0 bridgehead atoms. The Balaban J connectivity index is 3.21. The molecule has 0 heterocycles. The quantitative estimate of drug-likeness (QED) is 0.477. The number of carboxylic acid groups (broad SMARTS) is 1. The van der Waals surface area contributed by atoms with Crippen molar-refractivity contribution >= 4 is 5.97 Å². The average molecular weight is 198 g/mol. The van der Waals surface area contributed by atoms with Crippen molar-refractivity contribution in [2.24, 2.45) is 5.92 Å². The molecule has 0 saturated heterocycles. The van der Waals surface area contributed by atoms with Gasteiger partial charge in [0.2, 0.25) is 0 Å². The van der Waals surface area contributed by atoms with Crippen LogP contribution < -0.4 is 0 Å². The van der Waals surface area contributed by atoms with E-state index in [0.29, 0.717) is 0 Å². The summed E-state index contributed by atoms with van der Waals surface area (Å²) in [4.78, 5) is 10.5. The summed E-state index contributed by atoms with van der Waals surface area (Å²) in [6, 6.07) is 0. The SMILES string of the molecule is CC/C=C/CCCCCC(C)C(=O)O. The van der Waals surface area contributed by atoms with E-state index in [1.807, 2.05) is 0 Å². The first-order chi connectivity index (χ1) is 6.68. The molecule has 0 rings (SSSR count). The van der Waals surface area contributed by atoms with E-state index >= 15 is 0 Å². The molecular formula is C12H22O2. The Morgan fingerprint density at radius 3 is 2.57 bits per heavy atom. The van der Waals surface area contributed by atoms with Crippen molar-refractivity contribution in [1.29, 1.82) is 0 Å². The van der Waals surface area contributed by atoms with Crippen LogP contribution in [-0.4, -0.2) is 11.1 Å². The summed E-state index contributed by atoms with van der Waals surface area (Å²) in [5.41, 5.74) is 0. The molecular weight excluding hydrogens is 176 g/mol. The van der Waals surface area contributed by atoms with Gasteiger partial charge in [-0.2, -0.15) is 0 Å². The number of hydrogen-bond donors (Lipinski definition) is 1. The molecule has 14 heavy (non-hydrogen) atoms. The maximum absolute atomic E-state index is 10.5. The lowest BCUT2D eigenvalue weighted by Gasteiger charge is -2.04. The minimum absolute atomic E-state index is 0.179. The van der Waals surface area contributed by atoms with E-state index in [0.717, 1.165) is 32.1 Å². The zero-order chi connectivity index (χ0) is 10.8. The van der Waals surface area contributed by atoms with Crippen LogP contribution in [0.2, 0.25) is 0 Å². The van der Waals surface area contributed by atoms with Gasteiger partial charge in [0.25, 0.3) is 0 Å². The standard InChI is InChI=1S/C12H22O2/c1-3-4-5-6-7-8-9-10-11(2)12(13)14/h4-5,11H,3,6-10H2,1-2H3,(H,13,14)/b5-4+. The second-order valence-corrected chi connectivity index (χ2v) is 3.76. The molecule has 2 heteroatoms. The van der Waals surface area contributed by atoms with Crippen LogP contribution in [0.3, 0.4) is 0 Å². The van der Waals surface area contributed by atoms with Crippen LogP contribution >= 0.6 is 0 Å². The Kier molecular flexibility index (Phi) is 8.30. The predicted molar refractivity (Wildman–Crippen MR) is 59.3 cm³/mol. The second-order valence-electron chi connectivity index (χ2n) is 3.76. The number of hydrogen-bond acceptors (Lipinski definition) is 1. The first-order valence-electron chi connectivity index (χ1n) is 5.56. The smallest absolute Gasteiger partial charge is 0.306 e. The Hall–Kier alpha value is -0.790. The molecule has 1 atom stereocenters. The van der Waals surface area contributed by atoms with Crippen LogP contribution in [0.5, 0.6) is 0 Å². The molecule has 2 nitrogen and oxygen atoms in total. The maximum Gasteiger partial charge on any atom is 0.306 e. The maximum atomic E-state index is 10.5. The highest BCUT2D eigenvalue weighted by Gasteiger charge is 2.08. The van der Waals surface area contributed by atoms with Crippen molar-refractivity contribution in [3.05, 3.63) is 12.2 Å². The highest BCUT2D eigenvalue weighted by atomic mass is 16.4. The normalized spacial score (nSPS) is 13.3. The molecule has 0 amide bonds. The molecule has 0 radical (unpaired) electrons. The van der Waals surface area contributed by atoms with Gasteiger partial charge in [0.1, 0.15) is 0 Å². The third kappa shape index (κ3) is 7.84. The summed E-state index contributed by atoms with van der Waals surface area (Å²) < 4.78 is 0. The zero-order valence-corrected chi connectivity index (χ0v) is 9.33. The minimum Gasteiger partial charge on any atom is -0.481 e. The Bertz CT molecular complexity index is 173. The first-order valence-corrected chi connectivity index (χ1v) is 5.56. The minimum atomic E-state index is -0.670. The fourth-order valence-electron chi connectivity index (χ4n) is 1.30. The predicted octanol–water partition coefficient (Wildman–Crippen LogP) is 3.62. The largest absolute Gasteiger partial charge is 0.481 e. The lowest BCUT2D eigenvalue weighted by Crippen LogP contribution is -2.08. The summed E-state index contributed by atoms with van der Waals surface area (Å²) in [7, 11) is 0. The topological polar surface area (TPSA) is 37.3 Å². The van der Waals surface area contributed by atoms with E-state index in [1.165, 1.54) is 6.42 Å². The zero-order valence-electron chi connectivity index (χ0n) is 9.33. The fourth-order valence-corrected chi connectivity index (χ4v) is 1.30. The fraction of sp³-hybridized carbons (Fsp3) is 0.750. The number of carbonyl (C=O) groups is 1. The monoisotopic (exact) mass is 198 g/mol. The van der Waals surface area contributed by atoms with Crippen LogP contribution in [-0.2, 0) is 4.79 Å². The van der Waals surface area contributed by atoms with Crippen molar-refractivity contribution in [1.82, 2.24) is 0 Å². The van der Waals surface area contributed by atoms with Crippen molar-refractivity contribution < 1.29 is 9.90 Å². The molecule has 0 spiro atoms. The summed E-state index contributed by atoms with van der Waals surface area (Å²) in [5, 5.41) is 8.64. The van der Waals surface area contributed by atoms with Gasteiger partial charge in [-0.05, 0) is 25.7 Å². The van der Waals surface area contributed by atoms with Gasteiger partial charge in [-0.25, -0.2) is 0 Å². The van der Waals surface area contributed by atoms with Gasteiger partial charge in [-0.3, -0.25) is 4.79 Å². The molecule has 0 aliphatic heterocycles. The molecule has 1 unspecified atom stereocenters.